The first kappa shape index (κ1) is 12.4. The molecule has 1 aromatic rings. The van der Waals surface area contributed by atoms with Crippen molar-refractivity contribution >= 4 is 0 Å². The third-order valence-electron chi connectivity index (χ3n) is 3.17. The van der Waals surface area contributed by atoms with Gasteiger partial charge in [-0.15, -0.1) is 0 Å². The van der Waals surface area contributed by atoms with Crippen LogP contribution in [-0.2, 0) is 17.8 Å². The van der Waals surface area contributed by atoms with Crippen LogP contribution in [0, 0.1) is 0 Å². The molecule has 4 nitrogen and oxygen atoms in total. The summed E-state index contributed by atoms with van der Waals surface area (Å²) >= 11 is 0. The van der Waals surface area contributed by atoms with Gasteiger partial charge in [-0.25, -0.2) is 0 Å². The van der Waals surface area contributed by atoms with Crippen molar-refractivity contribution in [2.45, 2.75) is 13.0 Å². The SMILES string of the molecule is OCc1cccc(CCN2CCOCC2)c1O. The molecule has 1 fully saturated rings. The maximum Gasteiger partial charge on any atom is 0.124 e. The summed E-state index contributed by atoms with van der Waals surface area (Å²) in [5, 5.41) is 19.0. The maximum atomic E-state index is 9.92. The van der Waals surface area contributed by atoms with Gasteiger partial charge in [-0.1, -0.05) is 18.2 Å². The Labute approximate surface area is 101 Å². The molecule has 94 valence electrons. The zero-order chi connectivity index (χ0) is 12.1. The summed E-state index contributed by atoms with van der Waals surface area (Å²) < 4.78 is 5.29. The van der Waals surface area contributed by atoms with Gasteiger partial charge >= 0.3 is 0 Å². The summed E-state index contributed by atoms with van der Waals surface area (Å²) in [5.41, 5.74) is 1.51. The summed E-state index contributed by atoms with van der Waals surface area (Å²) in [7, 11) is 0. The average molecular weight is 237 g/mol. The minimum absolute atomic E-state index is 0.114. The van der Waals surface area contributed by atoms with Crippen molar-refractivity contribution in [3.63, 3.8) is 0 Å². The van der Waals surface area contributed by atoms with Gasteiger partial charge in [0.05, 0.1) is 19.8 Å². The molecule has 0 amide bonds. The Morgan fingerprint density at radius 1 is 1.18 bits per heavy atom. The number of hydrogen-bond donors (Lipinski definition) is 2. The van der Waals surface area contributed by atoms with Gasteiger partial charge in [-0.05, 0) is 12.0 Å². The quantitative estimate of drug-likeness (QED) is 0.811. The smallest absolute Gasteiger partial charge is 0.124 e. The summed E-state index contributed by atoms with van der Waals surface area (Å²) in [6.45, 7) is 4.31. The number of benzene rings is 1. The van der Waals surface area contributed by atoms with E-state index in [0.717, 1.165) is 44.8 Å². The minimum atomic E-state index is -0.114. The van der Waals surface area contributed by atoms with E-state index in [9.17, 15) is 5.11 Å². The van der Waals surface area contributed by atoms with Crippen LogP contribution in [0.2, 0.25) is 0 Å². The van der Waals surface area contributed by atoms with Gasteiger partial charge in [-0.3, -0.25) is 4.90 Å². The Kier molecular flexibility index (Phi) is 4.36. The second-order valence-corrected chi connectivity index (χ2v) is 4.29. The Balaban J connectivity index is 1.93. The molecule has 0 unspecified atom stereocenters. The number of aliphatic hydroxyl groups excluding tert-OH is 1. The van der Waals surface area contributed by atoms with E-state index in [1.54, 1.807) is 6.07 Å². The normalized spacial score (nSPS) is 17.2. The summed E-state index contributed by atoms with van der Waals surface area (Å²) in [5.74, 6) is 0.239. The van der Waals surface area contributed by atoms with E-state index in [0.29, 0.717) is 5.56 Å². The highest BCUT2D eigenvalue weighted by Crippen LogP contribution is 2.23. The molecule has 0 spiro atoms. The van der Waals surface area contributed by atoms with E-state index < -0.39 is 0 Å². The first-order valence-corrected chi connectivity index (χ1v) is 6.02. The van der Waals surface area contributed by atoms with Crippen LogP contribution in [0.25, 0.3) is 0 Å². The number of aromatic hydroxyl groups is 1. The average Bonchev–Trinajstić information content (AvgIpc) is 2.39. The molecule has 2 N–H and O–H groups in total. The molecule has 1 heterocycles. The van der Waals surface area contributed by atoms with Crippen LogP contribution in [0.1, 0.15) is 11.1 Å². The number of nitrogens with zero attached hydrogens (tertiary/aromatic N) is 1. The highest BCUT2D eigenvalue weighted by molar-refractivity contribution is 5.40. The topological polar surface area (TPSA) is 52.9 Å². The van der Waals surface area contributed by atoms with Crippen molar-refractivity contribution in [2.75, 3.05) is 32.8 Å². The Bertz CT molecular complexity index is 362. The number of morpholine rings is 1. The molecule has 0 bridgehead atoms. The van der Waals surface area contributed by atoms with Crippen molar-refractivity contribution < 1.29 is 14.9 Å². The molecular formula is C13H19NO3. The Morgan fingerprint density at radius 3 is 2.59 bits per heavy atom. The number of phenols is 1. The second-order valence-electron chi connectivity index (χ2n) is 4.29. The molecule has 0 aromatic heterocycles. The van der Waals surface area contributed by atoms with Gasteiger partial charge in [0, 0.05) is 25.2 Å². The Morgan fingerprint density at radius 2 is 1.88 bits per heavy atom. The molecule has 1 aliphatic rings. The fourth-order valence-corrected chi connectivity index (χ4v) is 2.08. The molecule has 0 radical (unpaired) electrons. The fourth-order valence-electron chi connectivity index (χ4n) is 2.08. The molecular weight excluding hydrogens is 218 g/mol. The molecule has 0 aliphatic carbocycles. The highest BCUT2D eigenvalue weighted by Gasteiger charge is 2.12. The first-order valence-electron chi connectivity index (χ1n) is 6.02. The lowest BCUT2D eigenvalue weighted by Crippen LogP contribution is -2.37. The maximum absolute atomic E-state index is 9.92. The second kappa shape index (κ2) is 6.00. The van der Waals surface area contributed by atoms with Gasteiger partial charge in [0.1, 0.15) is 5.75 Å². The predicted octanol–water partition coefficient (Wildman–Crippen LogP) is 0.759. The number of aliphatic hydroxyl groups is 1. The lowest BCUT2D eigenvalue weighted by Gasteiger charge is -2.26. The number of rotatable bonds is 4. The van der Waals surface area contributed by atoms with Crippen LogP contribution in [0.4, 0.5) is 0 Å². The van der Waals surface area contributed by atoms with Crippen LogP contribution in [0.5, 0.6) is 5.75 Å². The van der Waals surface area contributed by atoms with E-state index in [1.807, 2.05) is 12.1 Å². The van der Waals surface area contributed by atoms with Crippen LogP contribution >= 0.6 is 0 Å². The van der Waals surface area contributed by atoms with Crippen molar-refractivity contribution in [2.24, 2.45) is 0 Å². The highest BCUT2D eigenvalue weighted by atomic mass is 16.5. The van der Waals surface area contributed by atoms with E-state index in [1.165, 1.54) is 0 Å². The fraction of sp³-hybridized carbons (Fsp3) is 0.538. The molecule has 0 saturated carbocycles. The number of hydrogen-bond acceptors (Lipinski definition) is 4. The molecule has 1 aromatic carbocycles. The summed E-state index contributed by atoms with van der Waals surface area (Å²) in [4.78, 5) is 2.33. The number of para-hydroxylation sites is 1. The lowest BCUT2D eigenvalue weighted by atomic mass is 10.1. The van der Waals surface area contributed by atoms with Crippen molar-refractivity contribution in [3.8, 4) is 5.75 Å². The standard InChI is InChI=1S/C13H19NO3/c15-10-12-3-1-2-11(13(12)16)4-5-14-6-8-17-9-7-14/h1-3,15-16H,4-10H2. The zero-order valence-corrected chi connectivity index (χ0v) is 9.93. The minimum Gasteiger partial charge on any atom is -0.507 e. The van der Waals surface area contributed by atoms with E-state index in [-0.39, 0.29) is 12.4 Å². The van der Waals surface area contributed by atoms with Gasteiger partial charge in [0.25, 0.3) is 0 Å². The van der Waals surface area contributed by atoms with E-state index in [2.05, 4.69) is 4.90 Å². The van der Waals surface area contributed by atoms with Crippen molar-refractivity contribution in [1.29, 1.82) is 0 Å². The molecule has 0 atom stereocenters. The molecule has 2 rings (SSSR count). The van der Waals surface area contributed by atoms with Crippen LogP contribution in [0.3, 0.4) is 0 Å². The van der Waals surface area contributed by atoms with Crippen LogP contribution in [-0.4, -0.2) is 48.0 Å². The van der Waals surface area contributed by atoms with Crippen molar-refractivity contribution in [1.82, 2.24) is 4.90 Å². The first-order chi connectivity index (χ1) is 8.31. The monoisotopic (exact) mass is 237 g/mol. The lowest BCUT2D eigenvalue weighted by molar-refractivity contribution is 0.0384. The van der Waals surface area contributed by atoms with Gasteiger partial charge < -0.3 is 14.9 Å². The van der Waals surface area contributed by atoms with Gasteiger partial charge in [0.15, 0.2) is 0 Å². The predicted molar refractivity (Wildman–Crippen MR) is 65.0 cm³/mol. The Hall–Kier alpha value is -1.10. The third-order valence-corrected chi connectivity index (χ3v) is 3.17. The third kappa shape index (κ3) is 3.19. The van der Waals surface area contributed by atoms with Crippen LogP contribution < -0.4 is 0 Å². The molecule has 1 saturated heterocycles. The van der Waals surface area contributed by atoms with Crippen LogP contribution in [0.15, 0.2) is 18.2 Å². The molecule has 1 aliphatic heterocycles. The molecule has 4 heteroatoms. The van der Waals surface area contributed by atoms with Crippen molar-refractivity contribution in [3.05, 3.63) is 29.3 Å². The summed E-state index contributed by atoms with van der Waals surface area (Å²) in [6, 6.07) is 5.53. The van der Waals surface area contributed by atoms with Gasteiger partial charge in [0.2, 0.25) is 0 Å². The number of ether oxygens (including phenoxy) is 1. The largest absolute Gasteiger partial charge is 0.507 e. The van der Waals surface area contributed by atoms with Gasteiger partial charge in [-0.2, -0.15) is 0 Å². The molecule has 17 heavy (non-hydrogen) atoms. The zero-order valence-electron chi connectivity index (χ0n) is 9.93. The summed E-state index contributed by atoms with van der Waals surface area (Å²) in [6.07, 6.45) is 0.805. The van der Waals surface area contributed by atoms with E-state index >= 15 is 0 Å². The van der Waals surface area contributed by atoms with E-state index in [4.69, 9.17) is 9.84 Å².